The molecule has 0 unspecified atom stereocenters. The number of amides is 1. The van der Waals surface area contributed by atoms with Gasteiger partial charge in [0.05, 0.1) is 11.6 Å². The van der Waals surface area contributed by atoms with E-state index in [1.165, 1.54) is 30.3 Å². The molecule has 3 N–H and O–H groups in total. The van der Waals surface area contributed by atoms with Crippen molar-refractivity contribution < 1.29 is 13.6 Å². The monoisotopic (exact) mass is 425 g/mol. The molecular formula is C23H21F2N3OS. The van der Waals surface area contributed by atoms with Gasteiger partial charge in [-0.25, -0.2) is 8.78 Å². The van der Waals surface area contributed by atoms with E-state index in [-0.39, 0.29) is 17.4 Å². The summed E-state index contributed by atoms with van der Waals surface area (Å²) in [5, 5.41) is 9.38. The molecule has 30 heavy (non-hydrogen) atoms. The quantitative estimate of drug-likeness (QED) is 0.468. The Morgan fingerprint density at radius 2 is 1.67 bits per heavy atom. The van der Waals surface area contributed by atoms with Crippen LogP contribution in [0.1, 0.15) is 34.5 Å². The molecule has 4 nitrogen and oxygen atoms in total. The molecule has 0 aliphatic heterocycles. The van der Waals surface area contributed by atoms with Gasteiger partial charge < -0.3 is 16.0 Å². The van der Waals surface area contributed by atoms with Crippen LogP contribution in [0.25, 0.3) is 0 Å². The Balaban J connectivity index is 1.62. The predicted molar refractivity (Wildman–Crippen MR) is 120 cm³/mol. The van der Waals surface area contributed by atoms with E-state index in [2.05, 4.69) is 16.0 Å². The average molecular weight is 426 g/mol. The van der Waals surface area contributed by atoms with Crippen LogP contribution >= 0.6 is 12.2 Å². The molecule has 7 heteroatoms. The summed E-state index contributed by atoms with van der Waals surface area (Å²) in [5.41, 5.74) is 3.05. The van der Waals surface area contributed by atoms with Gasteiger partial charge in [-0.2, -0.15) is 0 Å². The molecule has 0 saturated heterocycles. The molecule has 154 valence electrons. The van der Waals surface area contributed by atoms with Crippen LogP contribution < -0.4 is 16.0 Å². The van der Waals surface area contributed by atoms with E-state index in [0.717, 1.165) is 16.8 Å². The minimum Gasteiger partial charge on any atom is -0.356 e. The van der Waals surface area contributed by atoms with Crippen molar-refractivity contribution in [1.29, 1.82) is 0 Å². The van der Waals surface area contributed by atoms with E-state index in [1.54, 1.807) is 36.4 Å². The second kappa shape index (κ2) is 9.45. The fourth-order valence-electron chi connectivity index (χ4n) is 2.92. The molecule has 1 atom stereocenters. The highest BCUT2D eigenvalue weighted by Crippen LogP contribution is 2.21. The molecule has 0 radical (unpaired) electrons. The van der Waals surface area contributed by atoms with Crippen LogP contribution in [0.3, 0.4) is 0 Å². The highest BCUT2D eigenvalue weighted by molar-refractivity contribution is 7.80. The summed E-state index contributed by atoms with van der Waals surface area (Å²) in [6.07, 6.45) is 0. The lowest BCUT2D eigenvalue weighted by Gasteiger charge is -2.18. The summed E-state index contributed by atoms with van der Waals surface area (Å²) in [6.45, 7) is 3.79. The van der Waals surface area contributed by atoms with E-state index in [4.69, 9.17) is 12.2 Å². The Morgan fingerprint density at radius 3 is 2.33 bits per heavy atom. The molecule has 0 aliphatic carbocycles. The zero-order valence-electron chi connectivity index (χ0n) is 16.5. The molecule has 0 fully saturated rings. The summed E-state index contributed by atoms with van der Waals surface area (Å²) >= 11 is 5.37. The lowest BCUT2D eigenvalue weighted by molar-refractivity contribution is 0.102. The van der Waals surface area contributed by atoms with Gasteiger partial charge in [-0.15, -0.1) is 0 Å². The minimum atomic E-state index is -0.572. The number of aryl methyl sites for hydroxylation is 1. The van der Waals surface area contributed by atoms with Gasteiger partial charge in [-0.05, 0) is 79.7 Å². The largest absolute Gasteiger partial charge is 0.356 e. The number of nitrogens with one attached hydrogen (secondary N) is 3. The van der Waals surface area contributed by atoms with E-state index < -0.39 is 11.7 Å². The molecule has 0 heterocycles. The zero-order valence-corrected chi connectivity index (χ0v) is 17.3. The van der Waals surface area contributed by atoms with Crippen molar-refractivity contribution in [1.82, 2.24) is 5.32 Å². The van der Waals surface area contributed by atoms with Crippen molar-refractivity contribution in [2.24, 2.45) is 0 Å². The number of carbonyl (C=O) groups excluding carboxylic acids is 1. The van der Waals surface area contributed by atoms with E-state index in [9.17, 15) is 13.6 Å². The molecule has 0 aliphatic rings. The van der Waals surface area contributed by atoms with Crippen molar-refractivity contribution in [3.05, 3.63) is 95.1 Å². The van der Waals surface area contributed by atoms with Crippen molar-refractivity contribution in [2.45, 2.75) is 19.9 Å². The predicted octanol–water partition coefficient (Wildman–Crippen LogP) is 5.57. The van der Waals surface area contributed by atoms with Gasteiger partial charge in [-0.1, -0.05) is 24.3 Å². The molecule has 0 bridgehead atoms. The van der Waals surface area contributed by atoms with Crippen LogP contribution in [0, 0.1) is 18.6 Å². The maximum Gasteiger partial charge on any atom is 0.258 e. The van der Waals surface area contributed by atoms with Gasteiger partial charge in [0, 0.05) is 11.4 Å². The number of halogens is 2. The summed E-state index contributed by atoms with van der Waals surface area (Å²) in [7, 11) is 0. The van der Waals surface area contributed by atoms with Crippen LogP contribution in [0.15, 0.2) is 66.7 Å². The molecule has 3 aromatic rings. The third-order valence-electron chi connectivity index (χ3n) is 4.57. The summed E-state index contributed by atoms with van der Waals surface area (Å²) in [6, 6.07) is 17.2. The molecule has 3 aromatic carbocycles. The first-order chi connectivity index (χ1) is 14.3. The fraction of sp³-hybridized carbons (Fsp3) is 0.130. The van der Waals surface area contributed by atoms with Crippen molar-refractivity contribution >= 4 is 34.6 Å². The molecular weight excluding hydrogens is 404 g/mol. The first-order valence-electron chi connectivity index (χ1n) is 9.33. The van der Waals surface area contributed by atoms with Crippen LogP contribution in [0.4, 0.5) is 20.2 Å². The fourth-order valence-corrected chi connectivity index (χ4v) is 3.20. The normalized spacial score (nSPS) is 11.5. The van der Waals surface area contributed by atoms with Crippen molar-refractivity contribution in [3.63, 3.8) is 0 Å². The van der Waals surface area contributed by atoms with E-state index in [0.29, 0.717) is 10.8 Å². The Labute approximate surface area is 179 Å². The Hall–Kier alpha value is -3.32. The van der Waals surface area contributed by atoms with Crippen LogP contribution in [-0.4, -0.2) is 11.0 Å². The first-order valence-corrected chi connectivity index (χ1v) is 9.74. The zero-order chi connectivity index (χ0) is 21.7. The maximum absolute atomic E-state index is 13.8. The number of hydrogen-bond donors (Lipinski definition) is 3. The molecule has 0 spiro atoms. The van der Waals surface area contributed by atoms with E-state index >= 15 is 0 Å². The Kier molecular flexibility index (Phi) is 6.74. The van der Waals surface area contributed by atoms with Crippen LogP contribution in [0.5, 0.6) is 0 Å². The SMILES string of the molecule is Cc1cc(NC(=O)c2ccccc2F)ccc1NC(=S)N[C@H](C)c1ccc(F)cc1. The van der Waals surface area contributed by atoms with Crippen molar-refractivity contribution in [3.8, 4) is 0 Å². The van der Waals surface area contributed by atoms with Crippen molar-refractivity contribution in [2.75, 3.05) is 10.6 Å². The molecule has 0 aromatic heterocycles. The molecule has 3 rings (SSSR count). The topological polar surface area (TPSA) is 53.2 Å². The second-order valence-corrected chi connectivity index (χ2v) is 7.24. The number of hydrogen-bond acceptors (Lipinski definition) is 2. The van der Waals surface area contributed by atoms with Gasteiger partial charge in [0.1, 0.15) is 11.6 Å². The average Bonchev–Trinajstić information content (AvgIpc) is 2.70. The Bertz CT molecular complexity index is 1070. The van der Waals surface area contributed by atoms with Crippen LogP contribution in [0.2, 0.25) is 0 Å². The summed E-state index contributed by atoms with van der Waals surface area (Å²) in [5.74, 6) is -1.38. The molecule has 1 amide bonds. The van der Waals surface area contributed by atoms with Gasteiger partial charge in [-0.3, -0.25) is 4.79 Å². The highest BCUT2D eigenvalue weighted by Gasteiger charge is 2.12. The Morgan fingerprint density at radius 1 is 0.967 bits per heavy atom. The summed E-state index contributed by atoms with van der Waals surface area (Å²) < 4.78 is 26.8. The van der Waals surface area contributed by atoms with Gasteiger partial charge in [0.2, 0.25) is 0 Å². The number of benzene rings is 3. The first kappa shape index (κ1) is 21.4. The van der Waals surface area contributed by atoms with Gasteiger partial charge in [0.15, 0.2) is 5.11 Å². The van der Waals surface area contributed by atoms with Crippen LogP contribution in [-0.2, 0) is 0 Å². The van der Waals surface area contributed by atoms with E-state index in [1.807, 2.05) is 13.8 Å². The minimum absolute atomic E-state index is 0.0162. The number of thiocarbonyl (C=S) groups is 1. The molecule has 0 saturated carbocycles. The van der Waals surface area contributed by atoms with Gasteiger partial charge in [0.25, 0.3) is 5.91 Å². The summed E-state index contributed by atoms with van der Waals surface area (Å²) in [4.78, 5) is 12.3. The van der Waals surface area contributed by atoms with Gasteiger partial charge >= 0.3 is 0 Å². The lowest BCUT2D eigenvalue weighted by Crippen LogP contribution is -2.31. The third-order valence-corrected chi connectivity index (χ3v) is 4.79. The smallest absolute Gasteiger partial charge is 0.258 e. The second-order valence-electron chi connectivity index (χ2n) is 6.84. The lowest BCUT2D eigenvalue weighted by atomic mass is 10.1. The number of anilines is 2. The third kappa shape index (κ3) is 5.39. The highest BCUT2D eigenvalue weighted by atomic mass is 32.1. The standard InChI is InChI=1S/C23H21F2N3OS/c1-14-13-18(27-22(29)19-5-3-4-6-20(19)25)11-12-21(14)28-23(30)26-15(2)16-7-9-17(24)10-8-16/h3-13,15H,1-2H3,(H,27,29)(H2,26,28,30)/t15-/m1/s1. The maximum atomic E-state index is 13.8. The number of carbonyl (C=O) groups is 1. The number of rotatable bonds is 5.